The highest BCUT2D eigenvalue weighted by Crippen LogP contribution is 2.19. The lowest BCUT2D eigenvalue weighted by Crippen LogP contribution is -2.14. The van der Waals surface area contributed by atoms with Gasteiger partial charge >= 0.3 is 5.97 Å². The lowest BCUT2D eigenvalue weighted by molar-refractivity contribution is 0.0698. The first-order valence-electron chi connectivity index (χ1n) is 5.88. The van der Waals surface area contributed by atoms with Gasteiger partial charge in [-0.05, 0) is 43.3 Å². The lowest BCUT2D eigenvalue weighted by atomic mass is 10.1. The average Bonchev–Trinajstić information content (AvgIpc) is 2.41. The fraction of sp³-hybridized carbons (Fsp3) is 0.0667. The second-order valence-corrected chi connectivity index (χ2v) is 4.75. The van der Waals surface area contributed by atoms with E-state index in [-0.39, 0.29) is 17.2 Å². The molecule has 2 rings (SSSR count). The Bertz CT molecular complexity index is 665. The van der Waals surface area contributed by atoms with Crippen LogP contribution in [0.5, 0.6) is 0 Å². The number of carboxylic acids is 1. The van der Waals surface area contributed by atoms with Crippen LogP contribution < -0.4 is 5.32 Å². The third-order valence-corrected chi connectivity index (χ3v) is 3.01. The van der Waals surface area contributed by atoms with E-state index in [4.69, 9.17) is 16.7 Å². The van der Waals surface area contributed by atoms with E-state index in [0.717, 1.165) is 5.56 Å². The van der Waals surface area contributed by atoms with E-state index in [0.29, 0.717) is 10.6 Å². The van der Waals surface area contributed by atoms with Gasteiger partial charge in [0.2, 0.25) is 0 Å². The number of nitrogens with one attached hydrogen (secondary N) is 1. The van der Waals surface area contributed by atoms with E-state index in [9.17, 15) is 9.59 Å². The third kappa shape index (κ3) is 3.16. The van der Waals surface area contributed by atoms with Crippen LogP contribution in [0.25, 0.3) is 0 Å². The summed E-state index contributed by atoms with van der Waals surface area (Å²) in [5, 5.41) is 12.3. The zero-order valence-electron chi connectivity index (χ0n) is 10.7. The number of halogens is 1. The number of carbonyl (C=O) groups is 2. The Morgan fingerprint density at radius 2 is 1.75 bits per heavy atom. The minimum Gasteiger partial charge on any atom is -0.478 e. The molecule has 0 saturated heterocycles. The van der Waals surface area contributed by atoms with Gasteiger partial charge in [-0.3, -0.25) is 4.79 Å². The van der Waals surface area contributed by atoms with Gasteiger partial charge in [0.05, 0.1) is 11.3 Å². The van der Waals surface area contributed by atoms with Crippen LogP contribution in [0.4, 0.5) is 5.69 Å². The van der Waals surface area contributed by atoms with Crippen LogP contribution in [-0.4, -0.2) is 17.0 Å². The number of carbonyl (C=O) groups excluding carboxylic acids is 1. The zero-order chi connectivity index (χ0) is 14.7. The van der Waals surface area contributed by atoms with Gasteiger partial charge in [0, 0.05) is 10.6 Å². The van der Waals surface area contributed by atoms with Gasteiger partial charge in [-0.15, -0.1) is 0 Å². The van der Waals surface area contributed by atoms with Crippen LogP contribution in [0.1, 0.15) is 26.3 Å². The van der Waals surface area contributed by atoms with Crippen LogP contribution in [-0.2, 0) is 0 Å². The van der Waals surface area contributed by atoms with Crippen molar-refractivity contribution in [1.82, 2.24) is 0 Å². The number of rotatable bonds is 3. The normalized spacial score (nSPS) is 10.1. The number of anilines is 1. The molecule has 0 atom stereocenters. The van der Waals surface area contributed by atoms with Crippen molar-refractivity contribution in [2.75, 3.05) is 5.32 Å². The Kier molecular flexibility index (Phi) is 4.05. The van der Waals surface area contributed by atoms with Crippen LogP contribution in [0.15, 0.2) is 42.5 Å². The molecule has 0 spiro atoms. The second-order valence-electron chi connectivity index (χ2n) is 4.32. The monoisotopic (exact) mass is 289 g/mol. The number of hydrogen-bond acceptors (Lipinski definition) is 2. The molecule has 0 aromatic heterocycles. The van der Waals surface area contributed by atoms with E-state index >= 15 is 0 Å². The predicted octanol–water partition coefficient (Wildman–Crippen LogP) is 3.60. The van der Waals surface area contributed by atoms with Crippen molar-refractivity contribution in [2.24, 2.45) is 0 Å². The predicted molar refractivity (Wildman–Crippen MR) is 77.5 cm³/mol. The van der Waals surface area contributed by atoms with Crippen molar-refractivity contribution in [3.63, 3.8) is 0 Å². The molecule has 0 bridgehead atoms. The minimum absolute atomic E-state index is 0.0623. The highest BCUT2D eigenvalue weighted by Gasteiger charge is 2.13. The number of benzene rings is 2. The molecule has 4 nitrogen and oxygen atoms in total. The molecule has 0 unspecified atom stereocenters. The molecule has 0 heterocycles. The number of hydrogen-bond donors (Lipinski definition) is 2. The Hall–Kier alpha value is -2.33. The first kappa shape index (κ1) is 14.1. The zero-order valence-corrected chi connectivity index (χ0v) is 11.4. The Morgan fingerprint density at radius 1 is 1.10 bits per heavy atom. The minimum atomic E-state index is -1.08. The smallest absolute Gasteiger partial charge is 0.337 e. The van der Waals surface area contributed by atoms with Crippen molar-refractivity contribution in [2.45, 2.75) is 6.92 Å². The summed E-state index contributed by atoms with van der Waals surface area (Å²) in [6, 6.07) is 11.2. The fourth-order valence-electron chi connectivity index (χ4n) is 1.74. The van der Waals surface area contributed by atoms with Crippen molar-refractivity contribution in [3.05, 3.63) is 64.2 Å². The average molecular weight is 290 g/mol. The van der Waals surface area contributed by atoms with Crippen LogP contribution in [0, 0.1) is 6.92 Å². The first-order chi connectivity index (χ1) is 9.47. The third-order valence-electron chi connectivity index (χ3n) is 2.76. The van der Waals surface area contributed by atoms with Crippen LogP contribution in [0.2, 0.25) is 5.02 Å². The molecule has 0 aliphatic heterocycles. The second kappa shape index (κ2) is 5.75. The molecule has 2 aromatic carbocycles. The molecular weight excluding hydrogens is 278 g/mol. The summed E-state index contributed by atoms with van der Waals surface area (Å²) in [5.74, 6) is -1.46. The van der Waals surface area contributed by atoms with Crippen LogP contribution in [0.3, 0.4) is 0 Å². The van der Waals surface area contributed by atoms with E-state index < -0.39 is 5.97 Å². The van der Waals surface area contributed by atoms with Gasteiger partial charge in [0.25, 0.3) is 5.91 Å². The Morgan fingerprint density at radius 3 is 2.35 bits per heavy atom. The molecule has 0 aliphatic carbocycles. The number of amides is 1. The summed E-state index contributed by atoms with van der Waals surface area (Å²) < 4.78 is 0. The van der Waals surface area contributed by atoms with Gasteiger partial charge < -0.3 is 10.4 Å². The van der Waals surface area contributed by atoms with Crippen molar-refractivity contribution >= 4 is 29.2 Å². The maximum atomic E-state index is 12.0. The van der Waals surface area contributed by atoms with Gasteiger partial charge in [-0.25, -0.2) is 4.79 Å². The van der Waals surface area contributed by atoms with Crippen molar-refractivity contribution in [3.8, 4) is 0 Å². The summed E-state index contributed by atoms with van der Waals surface area (Å²) in [7, 11) is 0. The molecule has 102 valence electrons. The van der Waals surface area contributed by atoms with E-state index in [1.165, 1.54) is 6.07 Å². The van der Waals surface area contributed by atoms with Gasteiger partial charge in [0.1, 0.15) is 0 Å². The van der Waals surface area contributed by atoms with Crippen molar-refractivity contribution < 1.29 is 14.7 Å². The lowest BCUT2D eigenvalue weighted by Gasteiger charge is -2.09. The summed E-state index contributed by atoms with van der Waals surface area (Å²) in [6.07, 6.45) is 0. The Balaban J connectivity index is 2.28. The summed E-state index contributed by atoms with van der Waals surface area (Å²) in [6.45, 7) is 1.79. The molecule has 2 aromatic rings. The maximum Gasteiger partial charge on any atom is 0.337 e. The molecule has 2 N–H and O–H groups in total. The molecule has 20 heavy (non-hydrogen) atoms. The van der Waals surface area contributed by atoms with Gasteiger partial charge in [0.15, 0.2) is 0 Å². The summed E-state index contributed by atoms with van der Waals surface area (Å²) in [5.41, 5.74) is 1.55. The first-order valence-corrected chi connectivity index (χ1v) is 6.26. The van der Waals surface area contributed by atoms with Gasteiger partial charge in [-0.1, -0.05) is 23.2 Å². The summed E-state index contributed by atoms with van der Waals surface area (Å²) in [4.78, 5) is 23.2. The molecule has 0 aliphatic rings. The number of aromatic carboxylic acids is 1. The quantitative estimate of drug-likeness (QED) is 0.907. The molecule has 5 heteroatoms. The topological polar surface area (TPSA) is 66.4 Å². The highest BCUT2D eigenvalue weighted by molar-refractivity contribution is 6.30. The molecular formula is C15H12ClNO3. The van der Waals surface area contributed by atoms with Gasteiger partial charge in [-0.2, -0.15) is 0 Å². The van der Waals surface area contributed by atoms with E-state index in [2.05, 4.69) is 5.32 Å². The summed E-state index contributed by atoms with van der Waals surface area (Å²) >= 11 is 5.75. The molecule has 1 amide bonds. The number of aryl methyl sites for hydroxylation is 1. The Labute approximate surface area is 121 Å². The standard InChI is InChI=1S/C15H12ClNO3/c1-9-2-7-13(12(8-9)15(19)20)17-14(18)10-3-5-11(16)6-4-10/h2-8H,1H3,(H,17,18)(H,19,20). The van der Waals surface area contributed by atoms with E-state index in [1.807, 2.05) is 0 Å². The molecule has 0 fully saturated rings. The van der Waals surface area contributed by atoms with Crippen LogP contribution >= 0.6 is 11.6 Å². The molecule has 0 radical (unpaired) electrons. The largest absolute Gasteiger partial charge is 0.478 e. The fourth-order valence-corrected chi connectivity index (χ4v) is 1.87. The highest BCUT2D eigenvalue weighted by atomic mass is 35.5. The SMILES string of the molecule is Cc1ccc(NC(=O)c2ccc(Cl)cc2)c(C(=O)O)c1. The maximum absolute atomic E-state index is 12.0. The number of carboxylic acid groups (broad SMARTS) is 1. The van der Waals surface area contributed by atoms with Crippen molar-refractivity contribution in [1.29, 1.82) is 0 Å². The van der Waals surface area contributed by atoms with E-state index in [1.54, 1.807) is 43.3 Å². The molecule has 0 saturated carbocycles.